The van der Waals surface area contributed by atoms with Crippen LogP contribution in [0.3, 0.4) is 0 Å². The molecule has 0 aliphatic heterocycles. The lowest BCUT2D eigenvalue weighted by Gasteiger charge is -2.07. The minimum atomic E-state index is -0.307. The summed E-state index contributed by atoms with van der Waals surface area (Å²) in [5.74, 6) is -0.307. The second-order valence-corrected chi connectivity index (χ2v) is 4.41. The molecule has 0 spiro atoms. The second kappa shape index (κ2) is 6.05. The Labute approximate surface area is 113 Å². The van der Waals surface area contributed by atoms with E-state index in [9.17, 15) is 4.79 Å². The van der Waals surface area contributed by atoms with E-state index in [1.807, 2.05) is 12.1 Å². The summed E-state index contributed by atoms with van der Waals surface area (Å²) in [4.78, 5) is 11.3. The molecule has 0 saturated heterocycles. The van der Waals surface area contributed by atoms with Crippen molar-refractivity contribution >= 4 is 11.7 Å². The number of hydrogen-bond acceptors (Lipinski definition) is 3. The number of ether oxygens (including phenoxy) is 1. The Morgan fingerprint density at radius 2 is 1.68 bits per heavy atom. The molecular weight excluding hydrogens is 238 g/mol. The number of carbonyl (C=O) groups excluding carboxylic acids is 1. The van der Waals surface area contributed by atoms with Gasteiger partial charge < -0.3 is 10.1 Å². The van der Waals surface area contributed by atoms with Crippen LogP contribution in [0.1, 0.15) is 21.5 Å². The molecule has 3 heteroatoms. The van der Waals surface area contributed by atoms with Gasteiger partial charge in [0, 0.05) is 12.2 Å². The smallest absolute Gasteiger partial charge is 0.337 e. The third-order valence-electron chi connectivity index (χ3n) is 2.92. The van der Waals surface area contributed by atoms with E-state index in [4.69, 9.17) is 0 Å². The van der Waals surface area contributed by atoms with Crippen LogP contribution in [0.2, 0.25) is 0 Å². The van der Waals surface area contributed by atoms with Crippen molar-refractivity contribution in [1.82, 2.24) is 0 Å². The molecular formula is C16H17NO2. The Morgan fingerprint density at radius 3 is 2.26 bits per heavy atom. The first-order valence-electron chi connectivity index (χ1n) is 6.17. The average molecular weight is 255 g/mol. The van der Waals surface area contributed by atoms with Gasteiger partial charge in [0.05, 0.1) is 12.7 Å². The molecule has 0 radical (unpaired) electrons. The molecule has 0 aliphatic rings. The quantitative estimate of drug-likeness (QED) is 0.851. The molecule has 98 valence electrons. The maximum Gasteiger partial charge on any atom is 0.337 e. The molecule has 0 aliphatic carbocycles. The fourth-order valence-corrected chi connectivity index (χ4v) is 1.75. The molecule has 0 atom stereocenters. The summed E-state index contributed by atoms with van der Waals surface area (Å²) in [6.45, 7) is 2.79. The molecule has 0 amide bonds. The average Bonchev–Trinajstić information content (AvgIpc) is 2.46. The Hall–Kier alpha value is -2.29. The molecule has 2 aromatic rings. The van der Waals surface area contributed by atoms with Crippen LogP contribution in [-0.2, 0) is 11.3 Å². The Bertz CT molecular complexity index is 544. The molecule has 0 unspecified atom stereocenters. The van der Waals surface area contributed by atoms with Crippen molar-refractivity contribution < 1.29 is 9.53 Å². The predicted octanol–water partition coefficient (Wildman–Crippen LogP) is 3.39. The highest BCUT2D eigenvalue weighted by atomic mass is 16.5. The SMILES string of the molecule is COC(=O)c1ccc(CNc2ccc(C)cc2)cc1. The third kappa shape index (κ3) is 3.58. The number of carbonyl (C=O) groups is 1. The van der Waals surface area contributed by atoms with Gasteiger partial charge in [0.15, 0.2) is 0 Å². The van der Waals surface area contributed by atoms with Gasteiger partial charge in [-0.2, -0.15) is 0 Å². The third-order valence-corrected chi connectivity index (χ3v) is 2.92. The van der Waals surface area contributed by atoms with Gasteiger partial charge in [-0.25, -0.2) is 4.79 Å². The lowest BCUT2D eigenvalue weighted by Crippen LogP contribution is -2.03. The summed E-state index contributed by atoms with van der Waals surface area (Å²) in [5.41, 5.74) is 4.02. The van der Waals surface area contributed by atoms with Gasteiger partial charge in [-0.05, 0) is 36.8 Å². The van der Waals surface area contributed by atoms with Crippen LogP contribution in [0.15, 0.2) is 48.5 Å². The minimum absolute atomic E-state index is 0.307. The number of hydrogen-bond donors (Lipinski definition) is 1. The Balaban J connectivity index is 1.96. The van der Waals surface area contributed by atoms with E-state index >= 15 is 0 Å². The number of anilines is 1. The summed E-state index contributed by atoms with van der Waals surface area (Å²) in [6.07, 6.45) is 0. The lowest BCUT2D eigenvalue weighted by molar-refractivity contribution is 0.0600. The van der Waals surface area contributed by atoms with Crippen LogP contribution in [0.5, 0.6) is 0 Å². The first-order chi connectivity index (χ1) is 9.19. The van der Waals surface area contributed by atoms with Crippen LogP contribution in [0, 0.1) is 6.92 Å². The second-order valence-electron chi connectivity index (χ2n) is 4.41. The van der Waals surface area contributed by atoms with E-state index < -0.39 is 0 Å². The number of nitrogens with one attached hydrogen (secondary N) is 1. The molecule has 1 N–H and O–H groups in total. The first-order valence-corrected chi connectivity index (χ1v) is 6.17. The van der Waals surface area contributed by atoms with Crippen molar-refractivity contribution in [1.29, 1.82) is 0 Å². The van der Waals surface area contributed by atoms with E-state index in [1.54, 1.807) is 12.1 Å². The van der Waals surface area contributed by atoms with Crippen molar-refractivity contribution in [2.24, 2.45) is 0 Å². The summed E-state index contributed by atoms with van der Waals surface area (Å²) < 4.78 is 4.66. The van der Waals surface area contributed by atoms with Gasteiger partial charge in [-0.3, -0.25) is 0 Å². The van der Waals surface area contributed by atoms with Crippen molar-refractivity contribution in [3.05, 3.63) is 65.2 Å². The summed E-state index contributed by atoms with van der Waals surface area (Å²) in [7, 11) is 1.38. The monoisotopic (exact) mass is 255 g/mol. The van der Waals surface area contributed by atoms with Crippen LogP contribution >= 0.6 is 0 Å². The number of rotatable bonds is 4. The number of methoxy groups -OCH3 is 1. The molecule has 19 heavy (non-hydrogen) atoms. The number of aryl methyl sites for hydroxylation is 1. The van der Waals surface area contributed by atoms with Crippen molar-refractivity contribution in [2.75, 3.05) is 12.4 Å². The largest absolute Gasteiger partial charge is 0.465 e. The fraction of sp³-hybridized carbons (Fsp3) is 0.188. The highest BCUT2D eigenvalue weighted by Gasteiger charge is 2.03. The van der Waals surface area contributed by atoms with Gasteiger partial charge >= 0.3 is 5.97 Å². The molecule has 2 rings (SSSR count). The summed E-state index contributed by atoms with van der Waals surface area (Å²) in [5, 5.41) is 3.33. The Morgan fingerprint density at radius 1 is 1.05 bits per heavy atom. The van der Waals surface area contributed by atoms with Crippen molar-refractivity contribution in [3.8, 4) is 0 Å². The number of esters is 1. The predicted molar refractivity (Wildman–Crippen MR) is 76.3 cm³/mol. The van der Waals surface area contributed by atoms with E-state index in [2.05, 4.69) is 41.2 Å². The zero-order valence-electron chi connectivity index (χ0n) is 11.1. The van der Waals surface area contributed by atoms with Gasteiger partial charge in [0.1, 0.15) is 0 Å². The van der Waals surface area contributed by atoms with Gasteiger partial charge in [0.25, 0.3) is 0 Å². The highest BCUT2D eigenvalue weighted by Crippen LogP contribution is 2.11. The molecule has 0 bridgehead atoms. The van der Waals surface area contributed by atoms with Crippen molar-refractivity contribution in [2.45, 2.75) is 13.5 Å². The van der Waals surface area contributed by atoms with Crippen LogP contribution in [-0.4, -0.2) is 13.1 Å². The van der Waals surface area contributed by atoms with E-state index in [0.717, 1.165) is 17.8 Å². The Kier molecular flexibility index (Phi) is 4.18. The molecule has 0 saturated carbocycles. The maximum absolute atomic E-state index is 11.3. The lowest BCUT2D eigenvalue weighted by atomic mass is 10.1. The summed E-state index contributed by atoms with van der Waals surface area (Å²) >= 11 is 0. The zero-order valence-corrected chi connectivity index (χ0v) is 11.1. The van der Waals surface area contributed by atoms with Crippen molar-refractivity contribution in [3.63, 3.8) is 0 Å². The molecule has 2 aromatic carbocycles. The van der Waals surface area contributed by atoms with Crippen LogP contribution in [0.25, 0.3) is 0 Å². The van der Waals surface area contributed by atoms with E-state index in [0.29, 0.717) is 5.56 Å². The zero-order chi connectivity index (χ0) is 13.7. The molecule has 0 aromatic heterocycles. The van der Waals surface area contributed by atoms with E-state index in [-0.39, 0.29) is 5.97 Å². The minimum Gasteiger partial charge on any atom is -0.465 e. The van der Waals surface area contributed by atoms with Crippen LogP contribution in [0.4, 0.5) is 5.69 Å². The topological polar surface area (TPSA) is 38.3 Å². The molecule has 0 heterocycles. The number of benzene rings is 2. The normalized spacial score (nSPS) is 10.0. The van der Waals surface area contributed by atoms with Crippen LogP contribution < -0.4 is 5.32 Å². The van der Waals surface area contributed by atoms with Gasteiger partial charge in [-0.1, -0.05) is 29.8 Å². The molecule has 0 fully saturated rings. The maximum atomic E-state index is 11.3. The van der Waals surface area contributed by atoms with Gasteiger partial charge in [-0.15, -0.1) is 0 Å². The van der Waals surface area contributed by atoms with Gasteiger partial charge in [0.2, 0.25) is 0 Å². The highest BCUT2D eigenvalue weighted by molar-refractivity contribution is 5.89. The summed E-state index contributed by atoms with van der Waals surface area (Å²) in [6, 6.07) is 15.7. The fourth-order valence-electron chi connectivity index (χ4n) is 1.75. The van der Waals surface area contributed by atoms with E-state index in [1.165, 1.54) is 12.7 Å². The standard InChI is InChI=1S/C16H17NO2/c1-12-3-9-15(10-4-12)17-11-13-5-7-14(8-6-13)16(18)19-2/h3-10,17H,11H2,1-2H3. The molecule has 3 nitrogen and oxygen atoms in total. The first kappa shape index (κ1) is 13.1.